The smallest absolute Gasteiger partial charge is 0.193 e. The van der Waals surface area contributed by atoms with E-state index in [9.17, 15) is 4.79 Å². The summed E-state index contributed by atoms with van der Waals surface area (Å²) in [6, 6.07) is 0. The van der Waals surface area contributed by atoms with Crippen molar-refractivity contribution in [3.05, 3.63) is 12.0 Å². The molecule has 0 aliphatic carbocycles. The van der Waals surface area contributed by atoms with Crippen molar-refractivity contribution >= 4 is 6.29 Å². The quantitative estimate of drug-likeness (QED) is 0.319. The van der Waals surface area contributed by atoms with Gasteiger partial charge in [-0.25, -0.2) is 0 Å². The first-order chi connectivity index (χ1) is 4.35. The Balaban J connectivity index is 3.61. The minimum Gasteiger partial charge on any atom is -0.497 e. The second kappa shape index (κ2) is 5.15. The summed E-state index contributed by atoms with van der Waals surface area (Å²) in [6.07, 6.45) is 1.88. The van der Waals surface area contributed by atoms with Crippen molar-refractivity contribution in [1.82, 2.24) is 0 Å². The second-order valence-corrected chi connectivity index (χ2v) is 1.30. The molecule has 0 saturated carbocycles. The number of hydrogen-bond donors (Lipinski definition) is 0. The van der Waals surface area contributed by atoms with Crippen molar-refractivity contribution < 1.29 is 14.3 Å². The van der Waals surface area contributed by atoms with E-state index in [4.69, 9.17) is 4.74 Å². The SMILES string of the molecule is CCO/C=C(\C=O)OC. The first-order valence-electron chi connectivity index (χ1n) is 2.66. The Morgan fingerprint density at radius 2 is 2.33 bits per heavy atom. The predicted molar refractivity (Wildman–Crippen MR) is 32.8 cm³/mol. The van der Waals surface area contributed by atoms with Crippen LogP contribution in [-0.2, 0) is 14.3 Å². The third-order valence-electron chi connectivity index (χ3n) is 0.718. The summed E-state index contributed by atoms with van der Waals surface area (Å²) >= 11 is 0. The zero-order chi connectivity index (χ0) is 7.11. The minimum atomic E-state index is 0.205. The average Bonchev–Trinajstić information content (AvgIpc) is 1.91. The van der Waals surface area contributed by atoms with Crippen molar-refractivity contribution in [3.8, 4) is 0 Å². The van der Waals surface area contributed by atoms with Gasteiger partial charge < -0.3 is 9.47 Å². The molecule has 0 fully saturated rings. The van der Waals surface area contributed by atoms with Crippen LogP contribution in [0.3, 0.4) is 0 Å². The highest BCUT2D eigenvalue weighted by Gasteiger charge is 1.88. The van der Waals surface area contributed by atoms with Crippen LogP contribution >= 0.6 is 0 Å². The van der Waals surface area contributed by atoms with E-state index in [2.05, 4.69) is 4.74 Å². The number of ether oxygens (including phenoxy) is 2. The van der Waals surface area contributed by atoms with E-state index in [0.717, 1.165) is 0 Å². The standard InChI is InChI=1S/C6H10O3/c1-3-9-5-6(4-7)8-2/h4-5H,3H2,1-2H3/b6-5+. The zero-order valence-electron chi connectivity index (χ0n) is 5.59. The molecule has 0 aliphatic rings. The summed E-state index contributed by atoms with van der Waals surface area (Å²) in [5, 5.41) is 0. The molecule has 0 aromatic carbocycles. The van der Waals surface area contributed by atoms with Crippen LogP contribution in [0.4, 0.5) is 0 Å². The van der Waals surface area contributed by atoms with Gasteiger partial charge >= 0.3 is 0 Å². The lowest BCUT2D eigenvalue weighted by Crippen LogP contribution is -1.89. The van der Waals surface area contributed by atoms with Gasteiger partial charge in [0.15, 0.2) is 12.0 Å². The van der Waals surface area contributed by atoms with E-state index in [1.165, 1.54) is 13.4 Å². The maximum Gasteiger partial charge on any atom is 0.193 e. The number of methoxy groups -OCH3 is 1. The fourth-order valence-electron chi connectivity index (χ4n) is 0.289. The Kier molecular flexibility index (Phi) is 4.59. The van der Waals surface area contributed by atoms with Crippen molar-refractivity contribution in [2.75, 3.05) is 13.7 Å². The molecule has 0 bridgehead atoms. The molecule has 0 N–H and O–H groups in total. The Morgan fingerprint density at radius 3 is 2.67 bits per heavy atom. The molecule has 3 nitrogen and oxygen atoms in total. The molecule has 52 valence electrons. The lowest BCUT2D eigenvalue weighted by atomic mass is 10.6. The van der Waals surface area contributed by atoms with E-state index < -0.39 is 0 Å². The number of hydrogen-bond acceptors (Lipinski definition) is 3. The van der Waals surface area contributed by atoms with Gasteiger partial charge in [-0.05, 0) is 6.92 Å². The molecule has 3 heteroatoms. The van der Waals surface area contributed by atoms with Gasteiger partial charge in [0.05, 0.1) is 13.7 Å². The van der Waals surface area contributed by atoms with Crippen LogP contribution in [0.25, 0.3) is 0 Å². The molecule has 0 atom stereocenters. The molecule has 0 aliphatic heterocycles. The Morgan fingerprint density at radius 1 is 1.67 bits per heavy atom. The topological polar surface area (TPSA) is 35.5 Å². The predicted octanol–water partition coefficient (Wildman–Crippen LogP) is 0.710. The van der Waals surface area contributed by atoms with Crippen LogP contribution in [-0.4, -0.2) is 20.0 Å². The van der Waals surface area contributed by atoms with Crippen LogP contribution in [0, 0.1) is 0 Å². The van der Waals surface area contributed by atoms with Gasteiger partial charge in [0.25, 0.3) is 0 Å². The Labute approximate surface area is 54.3 Å². The van der Waals surface area contributed by atoms with Gasteiger partial charge in [0, 0.05) is 0 Å². The molecule has 0 spiro atoms. The lowest BCUT2D eigenvalue weighted by Gasteiger charge is -1.96. The number of carbonyl (C=O) groups excluding carboxylic acids is 1. The zero-order valence-corrected chi connectivity index (χ0v) is 5.59. The Hall–Kier alpha value is -0.990. The van der Waals surface area contributed by atoms with Gasteiger partial charge in [-0.1, -0.05) is 0 Å². The van der Waals surface area contributed by atoms with Crippen molar-refractivity contribution in [1.29, 1.82) is 0 Å². The van der Waals surface area contributed by atoms with E-state index in [-0.39, 0.29) is 5.76 Å². The highest BCUT2D eigenvalue weighted by molar-refractivity contribution is 5.69. The normalized spacial score (nSPS) is 10.7. The fraction of sp³-hybridized carbons (Fsp3) is 0.500. The van der Waals surface area contributed by atoms with Crippen molar-refractivity contribution in [2.45, 2.75) is 6.92 Å². The number of allylic oxidation sites excluding steroid dienone is 1. The van der Waals surface area contributed by atoms with E-state index in [1.807, 2.05) is 6.92 Å². The fourth-order valence-corrected chi connectivity index (χ4v) is 0.289. The average molecular weight is 130 g/mol. The number of rotatable bonds is 4. The molecule has 0 unspecified atom stereocenters. The van der Waals surface area contributed by atoms with Crippen LogP contribution in [0.5, 0.6) is 0 Å². The summed E-state index contributed by atoms with van der Waals surface area (Å²) in [5.74, 6) is 0.205. The second-order valence-electron chi connectivity index (χ2n) is 1.30. The Bertz CT molecular complexity index is 107. The molecule has 0 aromatic rings. The lowest BCUT2D eigenvalue weighted by molar-refractivity contribution is -0.107. The van der Waals surface area contributed by atoms with E-state index in [1.54, 1.807) is 0 Å². The molecule has 0 rings (SSSR count). The molecule has 0 aromatic heterocycles. The van der Waals surface area contributed by atoms with Crippen LogP contribution < -0.4 is 0 Å². The van der Waals surface area contributed by atoms with Gasteiger partial charge in [-0.3, -0.25) is 4.79 Å². The summed E-state index contributed by atoms with van der Waals surface area (Å²) in [4.78, 5) is 9.97. The summed E-state index contributed by atoms with van der Waals surface area (Å²) in [5.41, 5.74) is 0. The monoisotopic (exact) mass is 130 g/mol. The molecule has 0 saturated heterocycles. The van der Waals surface area contributed by atoms with Gasteiger partial charge in [0.1, 0.15) is 6.26 Å². The highest BCUT2D eigenvalue weighted by Crippen LogP contribution is 1.89. The van der Waals surface area contributed by atoms with E-state index >= 15 is 0 Å². The van der Waals surface area contributed by atoms with Crippen molar-refractivity contribution in [3.63, 3.8) is 0 Å². The van der Waals surface area contributed by atoms with Crippen molar-refractivity contribution in [2.24, 2.45) is 0 Å². The van der Waals surface area contributed by atoms with Gasteiger partial charge in [0.2, 0.25) is 0 Å². The largest absolute Gasteiger partial charge is 0.497 e. The van der Waals surface area contributed by atoms with Gasteiger partial charge in [-0.15, -0.1) is 0 Å². The molecule has 0 heterocycles. The van der Waals surface area contributed by atoms with Crippen LogP contribution in [0.2, 0.25) is 0 Å². The first kappa shape index (κ1) is 8.01. The maximum atomic E-state index is 9.97. The number of carbonyl (C=O) groups is 1. The summed E-state index contributed by atoms with van der Waals surface area (Å²) in [6.45, 7) is 2.37. The maximum absolute atomic E-state index is 9.97. The molecule has 9 heavy (non-hydrogen) atoms. The molecular weight excluding hydrogens is 120 g/mol. The number of aldehydes is 1. The molecule has 0 radical (unpaired) electrons. The first-order valence-corrected chi connectivity index (χ1v) is 2.66. The molecule has 0 amide bonds. The minimum absolute atomic E-state index is 0.205. The van der Waals surface area contributed by atoms with E-state index in [0.29, 0.717) is 12.9 Å². The van der Waals surface area contributed by atoms with Gasteiger partial charge in [-0.2, -0.15) is 0 Å². The third kappa shape index (κ3) is 3.58. The summed E-state index contributed by atoms with van der Waals surface area (Å²) in [7, 11) is 1.42. The van der Waals surface area contributed by atoms with Crippen LogP contribution in [0.15, 0.2) is 12.0 Å². The molecular formula is C6H10O3. The van der Waals surface area contributed by atoms with Crippen LogP contribution in [0.1, 0.15) is 6.92 Å². The third-order valence-corrected chi connectivity index (χ3v) is 0.718. The highest BCUT2D eigenvalue weighted by atomic mass is 16.5. The summed E-state index contributed by atoms with van der Waals surface area (Å²) < 4.78 is 9.33.